The molecule has 2 rings (SSSR count). The predicted octanol–water partition coefficient (Wildman–Crippen LogP) is 1.31. The summed E-state index contributed by atoms with van der Waals surface area (Å²) < 4.78 is 36.7. The highest BCUT2D eigenvalue weighted by atomic mass is 32.2. The van der Waals surface area contributed by atoms with Crippen molar-refractivity contribution in [3.05, 3.63) is 41.3 Å². The van der Waals surface area contributed by atoms with Crippen LogP contribution in [0.5, 0.6) is 5.75 Å². The van der Waals surface area contributed by atoms with Gasteiger partial charge in [0.15, 0.2) is 5.76 Å². The van der Waals surface area contributed by atoms with E-state index in [-0.39, 0.29) is 22.9 Å². The quantitative estimate of drug-likeness (QED) is 0.830. The van der Waals surface area contributed by atoms with Gasteiger partial charge in [-0.25, -0.2) is 13.1 Å². The molecule has 0 amide bonds. The van der Waals surface area contributed by atoms with Crippen LogP contribution in [0, 0.1) is 13.8 Å². The molecule has 0 aliphatic heterocycles. The van der Waals surface area contributed by atoms with Gasteiger partial charge in [0.05, 0.1) is 13.2 Å². The van der Waals surface area contributed by atoms with Crippen LogP contribution in [-0.2, 0) is 10.0 Å². The molecule has 0 spiro atoms. The first kappa shape index (κ1) is 16.5. The Morgan fingerprint density at radius 2 is 1.95 bits per heavy atom. The van der Waals surface area contributed by atoms with Gasteiger partial charge < -0.3 is 14.4 Å². The summed E-state index contributed by atoms with van der Waals surface area (Å²) in [4.78, 5) is 0.00873. The Hall–Kier alpha value is -1.90. The summed E-state index contributed by atoms with van der Waals surface area (Å²) in [6.45, 7) is 2.91. The highest BCUT2D eigenvalue weighted by Crippen LogP contribution is 2.20. The molecule has 2 aromatic rings. The number of hydrogen-bond donors (Lipinski definition) is 2. The topological polar surface area (TPSA) is 102 Å². The van der Waals surface area contributed by atoms with Crippen molar-refractivity contribution >= 4 is 10.0 Å². The lowest BCUT2D eigenvalue weighted by atomic mass is 10.1. The number of benzene rings is 1. The summed E-state index contributed by atoms with van der Waals surface area (Å²) >= 11 is 0. The summed E-state index contributed by atoms with van der Waals surface area (Å²) in [6.07, 6.45) is -0.971. The summed E-state index contributed by atoms with van der Waals surface area (Å²) in [5.41, 5.74) is 0.867. The fourth-order valence-electron chi connectivity index (χ4n) is 2.06. The molecule has 0 radical (unpaired) electrons. The lowest BCUT2D eigenvalue weighted by Gasteiger charge is -2.13. The molecule has 0 aliphatic carbocycles. The van der Waals surface area contributed by atoms with Gasteiger partial charge in [0.1, 0.15) is 16.3 Å². The third-order valence-electron chi connectivity index (χ3n) is 3.20. The monoisotopic (exact) mass is 326 g/mol. The van der Waals surface area contributed by atoms with E-state index in [9.17, 15) is 13.5 Å². The molecular weight excluding hydrogens is 308 g/mol. The Morgan fingerprint density at radius 1 is 1.32 bits per heavy atom. The molecule has 1 heterocycles. The normalized spacial score (nSPS) is 13.1. The number of rotatable bonds is 6. The molecule has 2 N–H and O–H groups in total. The van der Waals surface area contributed by atoms with E-state index in [1.807, 2.05) is 0 Å². The second-order valence-electron chi connectivity index (χ2n) is 4.79. The molecule has 1 aromatic heterocycles. The maximum absolute atomic E-state index is 12.2. The smallest absolute Gasteiger partial charge is 0.246 e. The molecule has 0 bridgehead atoms. The van der Waals surface area contributed by atoms with E-state index in [0.717, 1.165) is 0 Å². The molecule has 7 nitrogen and oxygen atoms in total. The number of ether oxygens (including phenoxy) is 1. The highest BCUT2D eigenvalue weighted by Gasteiger charge is 2.24. The van der Waals surface area contributed by atoms with Crippen LogP contribution in [0.4, 0.5) is 0 Å². The fourth-order valence-corrected chi connectivity index (χ4v) is 3.43. The Balaban J connectivity index is 2.08. The molecule has 0 fully saturated rings. The Kier molecular flexibility index (Phi) is 4.84. The van der Waals surface area contributed by atoms with Crippen LogP contribution in [0.1, 0.15) is 23.1 Å². The average Bonchev–Trinajstić information content (AvgIpc) is 2.84. The van der Waals surface area contributed by atoms with Crippen molar-refractivity contribution in [1.29, 1.82) is 0 Å². The number of nitrogens with zero attached hydrogens (tertiary/aromatic N) is 1. The zero-order valence-electron chi connectivity index (χ0n) is 12.5. The minimum Gasteiger partial charge on any atom is -0.497 e. The lowest BCUT2D eigenvalue weighted by Crippen LogP contribution is -2.29. The van der Waals surface area contributed by atoms with Gasteiger partial charge in [0, 0.05) is 6.54 Å². The number of sulfonamides is 1. The summed E-state index contributed by atoms with van der Waals surface area (Å²) in [5, 5.41) is 13.7. The summed E-state index contributed by atoms with van der Waals surface area (Å²) in [5.74, 6) is 0.871. The molecule has 0 saturated heterocycles. The van der Waals surface area contributed by atoms with E-state index < -0.39 is 16.1 Å². The van der Waals surface area contributed by atoms with Crippen molar-refractivity contribution in [3.8, 4) is 5.75 Å². The van der Waals surface area contributed by atoms with Gasteiger partial charge in [-0.3, -0.25) is 0 Å². The molecule has 1 unspecified atom stereocenters. The van der Waals surface area contributed by atoms with E-state index in [4.69, 9.17) is 9.26 Å². The zero-order valence-corrected chi connectivity index (χ0v) is 13.3. The van der Waals surface area contributed by atoms with E-state index in [1.54, 1.807) is 38.3 Å². The third-order valence-corrected chi connectivity index (χ3v) is 4.87. The molecule has 1 atom stereocenters. The second kappa shape index (κ2) is 6.47. The summed E-state index contributed by atoms with van der Waals surface area (Å²) in [6, 6.07) is 6.74. The first-order valence-corrected chi connectivity index (χ1v) is 8.08. The minimum absolute atomic E-state index is 0.00873. The van der Waals surface area contributed by atoms with Crippen LogP contribution in [0.3, 0.4) is 0 Å². The first-order chi connectivity index (χ1) is 10.3. The molecule has 0 saturated carbocycles. The van der Waals surface area contributed by atoms with Crippen LogP contribution >= 0.6 is 0 Å². The number of methoxy groups -OCH3 is 1. The zero-order chi connectivity index (χ0) is 16.3. The Morgan fingerprint density at radius 3 is 2.45 bits per heavy atom. The molecule has 1 aromatic carbocycles. The standard InChI is InChI=1S/C14H18N2O5S/c1-9-14(10(2)21-16-9)22(18,19)15-8-13(17)11-4-6-12(20-3)7-5-11/h4-7,13,15,17H,8H2,1-3H3. The van der Waals surface area contributed by atoms with Crippen molar-refractivity contribution in [3.63, 3.8) is 0 Å². The van der Waals surface area contributed by atoms with Gasteiger partial charge in [-0.2, -0.15) is 0 Å². The number of aliphatic hydroxyl groups is 1. The third kappa shape index (κ3) is 3.46. The highest BCUT2D eigenvalue weighted by molar-refractivity contribution is 7.89. The molecule has 22 heavy (non-hydrogen) atoms. The largest absolute Gasteiger partial charge is 0.497 e. The van der Waals surface area contributed by atoms with Gasteiger partial charge in [0.25, 0.3) is 0 Å². The number of nitrogens with one attached hydrogen (secondary N) is 1. The van der Waals surface area contributed by atoms with E-state index >= 15 is 0 Å². The predicted molar refractivity (Wildman–Crippen MR) is 79.1 cm³/mol. The van der Waals surface area contributed by atoms with Crippen molar-refractivity contribution in [2.24, 2.45) is 0 Å². The van der Waals surface area contributed by atoms with Crippen LogP contribution in [0.25, 0.3) is 0 Å². The second-order valence-corrected chi connectivity index (χ2v) is 6.50. The van der Waals surface area contributed by atoms with Crippen LogP contribution in [0.15, 0.2) is 33.7 Å². The van der Waals surface area contributed by atoms with Gasteiger partial charge in [-0.15, -0.1) is 0 Å². The maximum atomic E-state index is 12.2. The SMILES string of the molecule is COc1ccc(C(O)CNS(=O)(=O)c2c(C)noc2C)cc1. The van der Waals surface area contributed by atoms with Gasteiger partial charge >= 0.3 is 0 Å². The van der Waals surface area contributed by atoms with Gasteiger partial charge in [-0.05, 0) is 31.5 Å². The minimum atomic E-state index is -3.79. The van der Waals surface area contributed by atoms with Crippen molar-refractivity contribution in [2.75, 3.05) is 13.7 Å². The lowest BCUT2D eigenvalue weighted by molar-refractivity contribution is 0.182. The Labute approximate surface area is 128 Å². The van der Waals surface area contributed by atoms with Crippen LogP contribution in [-0.4, -0.2) is 32.3 Å². The Bertz CT molecular complexity index is 718. The van der Waals surface area contributed by atoms with Gasteiger partial charge in [-0.1, -0.05) is 17.3 Å². The fraction of sp³-hybridized carbons (Fsp3) is 0.357. The first-order valence-electron chi connectivity index (χ1n) is 6.59. The number of aromatic nitrogens is 1. The van der Waals surface area contributed by atoms with E-state index in [0.29, 0.717) is 11.3 Å². The molecule has 120 valence electrons. The van der Waals surface area contributed by atoms with Crippen molar-refractivity contribution < 1.29 is 22.8 Å². The number of hydrogen-bond acceptors (Lipinski definition) is 6. The molecule has 0 aliphatic rings. The van der Waals surface area contributed by atoms with Crippen LogP contribution in [0.2, 0.25) is 0 Å². The summed E-state index contributed by atoms with van der Waals surface area (Å²) in [7, 11) is -2.24. The maximum Gasteiger partial charge on any atom is 0.246 e. The average molecular weight is 326 g/mol. The van der Waals surface area contributed by atoms with E-state index in [1.165, 1.54) is 6.92 Å². The van der Waals surface area contributed by atoms with Crippen LogP contribution < -0.4 is 9.46 Å². The van der Waals surface area contributed by atoms with Gasteiger partial charge in [0.2, 0.25) is 10.0 Å². The number of aryl methyl sites for hydroxylation is 2. The molecular formula is C14H18N2O5S. The van der Waals surface area contributed by atoms with Crippen molar-refractivity contribution in [1.82, 2.24) is 9.88 Å². The van der Waals surface area contributed by atoms with Crippen molar-refractivity contribution in [2.45, 2.75) is 24.8 Å². The number of aliphatic hydroxyl groups excluding tert-OH is 1. The molecule has 8 heteroatoms. The van der Waals surface area contributed by atoms with E-state index in [2.05, 4.69) is 9.88 Å².